The maximum absolute atomic E-state index is 12.1. The van der Waals surface area contributed by atoms with Crippen molar-refractivity contribution < 1.29 is 9.53 Å². The molecule has 3 nitrogen and oxygen atoms in total. The van der Waals surface area contributed by atoms with E-state index in [0.29, 0.717) is 11.1 Å². The van der Waals surface area contributed by atoms with Crippen LogP contribution in [0.3, 0.4) is 0 Å². The number of carbonyl (C=O) groups excluding carboxylic acids is 1. The molecule has 1 aromatic heterocycles. The molecule has 0 radical (unpaired) electrons. The van der Waals surface area contributed by atoms with Gasteiger partial charge >= 0.3 is 5.97 Å². The molecule has 0 unspecified atom stereocenters. The van der Waals surface area contributed by atoms with Crippen LogP contribution in [0.15, 0.2) is 34.9 Å². The van der Waals surface area contributed by atoms with Crippen LogP contribution in [0.1, 0.15) is 31.1 Å². The van der Waals surface area contributed by atoms with E-state index >= 15 is 0 Å². The van der Waals surface area contributed by atoms with E-state index in [4.69, 9.17) is 4.74 Å². The summed E-state index contributed by atoms with van der Waals surface area (Å²) >= 11 is 3.45. The minimum Gasteiger partial charge on any atom is -0.456 e. The van der Waals surface area contributed by atoms with Crippen LogP contribution in [0, 0.1) is 0 Å². The van der Waals surface area contributed by atoms with Gasteiger partial charge in [0, 0.05) is 16.1 Å². The smallest absolute Gasteiger partial charge is 0.340 e. The Morgan fingerprint density at radius 3 is 2.67 bits per heavy atom. The van der Waals surface area contributed by atoms with Crippen molar-refractivity contribution in [3.63, 3.8) is 0 Å². The average Bonchev–Trinajstić information content (AvgIpc) is 2.27. The molecule has 94 valence electrons. The van der Waals surface area contributed by atoms with E-state index in [1.54, 1.807) is 12.3 Å². The van der Waals surface area contributed by atoms with E-state index in [0.717, 1.165) is 9.86 Å². The van der Waals surface area contributed by atoms with Crippen LogP contribution < -0.4 is 0 Å². The largest absolute Gasteiger partial charge is 0.456 e. The van der Waals surface area contributed by atoms with Crippen molar-refractivity contribution in [2.75, 3.05) is 0 Å². The van der Waals surface area contributed by atoms with Crippen LogP contribution in [0.5, 0.6) is 0 Å². The number of benzene rings is 1. The van der Waals surface area contributed by atoms with Gasteiger partial charge in [0.15, 0.2) is 0 Å². The molecule has 0 aliphatic heterocycles. The van der Waals surface area contributed by atoms with Crippen LogP contribution in [-0.4, -0.2) is 16.6 Å². The Morgan fingerprint density at radius 2 is 2.00 bits per heavy atom. The second-order valence-corrected chi connectivity index (χ2v) is 5.85. The lowest BCUT2D eigenvalue weighted by atomic mass is 10.1. The fourth-order valence-electron chi connectivity index (χ4n) is 1.64. The Labute approximate surface area is 114 Å². The molecule has 0 saturated heterocycles. The summed E-state index contributed by atoms with van der Waals surface area (Å²) < 4.78 is 6.29. The molecule has 2 rings (SSSR count). The summed E-state index contributed by atoms with van der Waals surface area (Å²) in [5.41, 5.74) is 0.635. The molecule has 0 aliphatic rings. The first kappa shape index (κ1) is 13.0. The molecule has 0 bridgehead atoms. The van der Waals surface area contributed by atoms with Gasteiger partial charge in [0.05, 0.1) is 11.1 Å². The standard InChI is InChI=1S/C14H14BrNO2/c1-14(2,3)18-13(17)10-6-7-11(15)9-5-4-8-16-12(9)10/h4-8H,1-3H3. The Hall–Kier alpha value is -1.42. The highest BCUT2D eigenvalue weighted by Crippen LogP contribution is 2.26. The van der Waals surface area contributed by atoms with E-state index in [1.165, 1.54) is 0 Å². The first-order valence-corrected chi connectivity index (χ1v) is 6.44. The predicted molar refractivity (Wildman–Crippen MR) is 74.6 cm³/mol. The van der Waals surface area contributed by atoms with Crippen molar-refractivity contribution in [2.45, 2.75) is 26.4 Å². The number of fused-ring (bicyclic) bond motifs is 1. The number of pyridine rings is 1. The van der Waals surface area contributed by atoms with Crippen molar-refractivity contribution in [1.82, 2.24) is 4.98 Å². The third-order valence-corrected chi connectivity index (χ3v) is 3.03. The van der Waals surface area contributed by atoms with Crippen LogP contribution in [0.25, 0.3) is 10.9 Å². The lowest BCUT2D eigenvalue weighted by Crippen LogP contribution is -2.24. The molecule has 0 aliphatic carbocycles. The number of rotatable bonds is 1. The summed E-state index contributed by atoms with van der Waals surface area (Å²) in [6.45, 7) is 5.54. The maximum atomic E-state index is 12.1. The van der Waals surface area contributed by atoms with Gasteiger partial charge in [0.2, 0.25) is 0 Å². The second kappa shape index (κ2) is 4.69. The molecule has 1 aromatic carbocycles. The topological polar surface area (TPSA) is 39.2 Å². The van der Waals surface area contributed by atoms with Crippen LogP contribution in [0.4, 0.5) is 0 Å². The maximum Gasteiger partial charge on any atom is 0.340 e. The minimum absolute atomic E-state index is 0.348. The average molecular weight is 308 g/mol. The van der Waals surface area contributed by atoms with Crippen LogP contribution in [-0.2, 0) is 4.74 Å². The summed E-state index contributed by atoms with van der Waals surface area (Å²) in [7, 11) is 0. The zero-order valence-corrected chi connectivity index (χ0v) is 12.1. The molecule has 1 heterocycles. The normalized spacial score (nSPS) is 11.6. The molecule has 0 atom stereocenters. The molecule has 18 heavy (non-hydrogen) atoms. The van der Waals surface area contributed by atoms with E-state index < -0.39 is 5.60 Å². The minimum atomic E-state index is -0.509. The third kappa shape index (κ3) is 2.70. The zero-order valence-electron chi connectivity index (χ0n) is 10.5. The highest BCUT2D eigenvalue weighted by molar-refractivity contribution is 9.10. The predicted octanol–water partition coefficient (Wildman–Crippen LogP) is 3.95. The third-order valence-electron chi connectivity index (χ3n) is 2.34. The van der Waals surface area contributed by atoms with Gasteiger partial charge in [-0.1, -0.05) is 22.0 Å². The van der Waals surface area contributed by atoms with E-state index in [9.17, 15) is 4.79 Å². The second-order valence-electron chi connectivity index (χ2n) is 5.00. The Morgan fingerprint density at radius 1 is 1.28 bits per heavy atom. The molecular weight excluding hydrogens is 294 g/mol. The number of carbonyl (C=O) groups is 1. The van der Waals surface area contributed by atoms with E-state index in [-0.39, 0.29) is 5.97 Å². The molecule has 4 heteroatoms. The van der Waals surface area contributed by atoms with Crippen molar-refractivity contribution in [3.8, 4) is 0 Å². The number of hydrogen-bond acceptors (Lipinski definition) is 3. The SMILES string of the molecule is CC(C)(C)OC(=O)c1ccc(Br)c2cccnc12. The Kier molecular flexibility index (Phi) is 3.39. The number of nitrogens with zero attached hydrogens (tertiary/aromatic N) is 1. The number of ether oxygens (including phenoxy) is 1. The zero-order chi connectivity index (χ0) is 13.3. The fourth-order valence-corrected chi connectivity index (χ4v) is 2.09. The lowest BCUT2D eigenvalue weighted by Gasteiger charge is -2.19. The van der Waals surface area contributed by atoms with Gasteiger partial charge in [-0.15, -0.1) is 0 Å². The summed E-state index contributed by atoms with van der Waals surface area (Å²) in [5, 5.41) is 0.904. The highest BCUT2D eigenvalue weighted by atomic mass is 79.9. The monoisotopic (exact) mass is 307 g/mol. The summed E-state index contributed by atoms with van der Waals surface area (Å²) in [6, 6.07) is 7.32. The molecule has 0 saturated carbocycles. The Balaban J connectivity index is 2.52. The highest BCUT2D eigenvalue weighted by Gasteiger charge is 2.20. The Bertz CT molecular complexity index is 602. The summed E-state index contributed by atoms with van der Waals surface area (Å²) in [4.78, 5) is 16.4. The van der Waals surface area contributed by atoms with Gasteiger partial charge in [-0.25, -0.2) is 4.79 Å². The number of aromatic nitrogens is 1. The van der Waals surface area contributed by atoms with E-state index in [1.807, 2.05) is 39.0 Å². The number of esters is 1. The van der Waals surface area contributed by atoms with Gasteiger partial charge in [-0.2, -0.15) is 0 Å². The first-order chi connectivity index (χ1) is 8.38. The van der Waals surface area contributed by atoms with Gasteiger partial charge in [-0.3, -0.25) is 4.98 Å². The molecular formula is C14H14BrNO2. The quantitative estimate of drug-likeness (QED) is 0.749. The fraction of sp³-hybridized carbons (Fsp3) is 0.286. The van der Waals surface area contributed by atoms with Crippen LogP contribution in [0.2, 0.25) is 0 Å². The molecule has 0 fully saturated rings. The van der Waals surface area contributed by atoms with Gasteiger partial charge in [-0.05, 0) is 39.0 Å². The van der Waals surface area contributed by atoms with Crippen molar-refractivity contribution >= 4 is 32.8 Å². The van der Waals surface area contributed by atoms with Crippen molar-refractivity contribution in [1.29, 1.82) is 0 Å². The summed E-state index contributed by atoms with van der Waals surface area (Å²) in [6.07, 6.45) is 1.67. The molecule has 0 spiro atoms. The van der Waals surface area contributed by atoms with E-state index in [2.05, 4.69) is 20.9 Å². The van der Waals surface area contributed by atoms with Crippen molar-refractivity contribution in [3.05, 3.63) is 40.5 Å². The molecule has 0 N–H and O–H groups in total. The lowest BCUT2D eigenvalue weighted by molar-refractivity contribution is 0.00716. The van der Waals surface area contributed by atoms with Crippen molar-refractivity contribution in [2.24, 2.45) is 0 Å². The summed E-state index contributed by atoms with van der Waals surface area (Å²) in [5.74, 6) is -0.348. The van der Waals surface area contributed by atoms with Gasteiger partial charge in [0.25, 0.3) is 0 Å². The van der Waals surface area contributed by atoms with Gasteiger partial charge < -0.3 is 4.74 Å². The number of halogens is 1. The molecule has 0 amide bonds. The molecule has 2 aromatic rings. The first-order valence-electron chi connectivity index (χ1n) is 5.65. The van der Waals surface area contributed by atoms with Gasteiger partial charge in [0.1, 0.15) is 5.60 Å². The van der Waals surface area contributed by atoms with Crippen LogP contribution >= 0.6 is 15.9 Å². The number of hydrogen-bond donors (Lipinski definition) is 0.